The quantitative estimate of drug-likeness (QED) is 0.623. The topological polar surface area (TPSA) is 77.1 Å². The molecule has 4 rings (SSSR count). The summed E-state index contributed by atoms with van der Waals surface area (Å²) < 4.78 is 16.6. The highest BCUT2D eigenvalue weighted by atomic mass is 32.2. The molecule has 0 radical (unpaired) electrons. The van der Waals surface area contributed by atoms with Gasteiger partial charge in [0, 0.05) is 30.7 Å². The highest BCUT2D eigenvalue weighted by molar-refractivity contribution is 7.98. The monoisotopic (exact) mass is 470 g/mol. The Bertz CT molecular complexity index is 1020. The van der Waals surface area contributed by atoms with Crippen LogP contribution in [0.15, 0.2) is 41.3 Å². The van der Waals surface area contributed by atoms with Crippen LogP contribution in [0.1, 0.15) is 46.3 Å². The van der Waals surface area contributed by atoms with Crippen LogP contribution in [-0.4, -0.2) is 63.5 Å². The van der Waals surface area contributed by atoms with E-state index in [1.807, 2.05) is 30.5 Å². The Morgan fingerprint density at radius 3 is 2.48 bits per heavy atom. The number of nitrogens with zero attached hydrogens (tertiary/aromatic N) is 1. The zero-order valence-corrected chi connectivity index (χ0v) is 20.2. The minimum Gasteiger partial charge on any atom is -0.493 e. The molecule has 2 amide bonds. The van der Waals surface area contributed by atoms with Crippen LogP contribution >= 0.6 is 11.8 Å². The van der Waals surface area contributed by atoms with Gasteiger partial charge in [0.05, 0.1) is 32.3 Å². The summed E-state index contributed by atoms with van der Waals surface area (Å²) in [5.74, 6) is 0.0377. The van der Waals surface area contributed by atoms with Gasteiger partial charge in [-0.2, -0.15) is 0 Å². The lowest BCUT2D eigenvalue weighted by Crippen LogP contribution is -2.46. The van der Waals surface area contributed by atoms with Crippen molar-refractivity contribution in [1.82, 2.24) is 10.2 Å². The third kappa shape index (κ3) is 4.54. The van der Waals surface area contributed by atoms with Crippen LogP contribution in [-0.2, 0) is 9.53 Å². The van der Waals surface area contributed by atoms with Crippen LogP contribution in [0.5, 0.6) is 11.5 Å². The minimum absolute atomic E-state index is 0.0288. The van der Waals surface area contributed by atoms with Gasteiger partial charge in [-0.15, -0.1) is 11.8 Å². The maximum absolute atomic E-state index is 13.6. The molecule has 1 N–H and O–H groups in total. The third-order valence-electron chi connectivity index (χ3n) is 6.44. The molecule has 2 aliphatic heterocycles. The molecule has 0 spiro atoms. The summed E-state index contributed by atoms with van der Waals surface area (Å²) in [7, 11) is 4.82. The van der Waals surface area contributed by atoms with Crippen molar-refractivity contribution in [3.05, 3.63) is 53.1 Å². The van der Waals surface area contributed by atoms with E-state index in [1.54, 1.807) is 43.0 Å². The molecule has 0 unspecified atom stereocenters. The lowest BCUT2D eigenvalue weighted by atomic mass is 9.79. The molecule has 2 aromatic rings. The molecule has 3 atom stereocenters. The van der Waals surface area contributed by atoms with Crippen molar-refractivity contribution in [2.75, 3.05) is 40.7 Å². The van der Waals surface area contributed by atoms with E-state index in [1.165, 1.54) is 7.11 Å². The molecule has 8 heteroatoms. The summed E-state index contributed by atoms with van der Waals surface area (Å²) in [6.45, 7) is 1.18. The number of carbonyl (C=O) groups is 2. The largest absolute Gasteiger partial charge is 0.493 e. The van der Waals surface area contributed by atoms with Crippen LogP contribution in [0.4, 0.5) is 0 Å². The summed E-state index contributed by atoms with van der Waals surface area (Å²) in [6, 6.07) is 11.0. The van der Waals surface area contributed by atoms with Crippen LogP contribution < -0.4 is 14.8 Å². The Hall–Kier alpha value is -2.71. The Kier molecular flexibility index (Phi) is 7.14. The van der Waals surface area contributed by atoms with Crippen LogP contribution in [0.3, 0.4) is 0 Å². The predicted molar refractivity (Wildman–Crippen MR) is 127 cm³/mol. The van der Waals surface area contributed by atoms with E-state index in [0.29, 0.717) is 29.2 Å². The van der Waals surface area contributed by atoms with Gasteiger partial charge in [0.2, 0.25) is 5.91 Å². The Labute approximate surface area is 198 Å². The normalized spacial score (nSPS) is 22.1. The van der Waals surface area contributed by atoms with Gasteiger partial charge in [-0.3, -0.25) is 9.59 Å². The van der Waals surface area contributed by atoms with E-state index in [-0.39, 0.29) is 17.9 Å². The van der Waals surface area contributed by atoms with Gasteiger partial charge in [-0.1, -0.05) is 12.1 Å². The molecule has 176 valence electrons. The molecule has 7 nitrogen and oxygen atoms in total. The molecule has 0 saturated carbocycles. The summed E-state index contributed by atoms with van der Waals surface area (Å²) in [5, 5.41) is 3.08. The number of hydrogen-bond donors (Lipinski definition) is 1. The van der Waals surface area contributed by atoms with Crippen molar-refractivity contribution in [1.29, 1.82) is 0 Å². The third-order valence-corrected chi connectivity index (χ3v) is 7.19. The van der Waals surface area contributed by atoms with Gasteiger partial charge in [0.1, 0.15) is 0 Å². The zero-order valence-electron chi connectivity index (χ0n) is 19.4. The highest BCUT2D eigenvalue weighted by Crippen LogP contribution is 2.45. The van der Waals surface area contributed by atoms with E-state index in [4.69, 9.17) is 14.2 Å². The minimum atomic E-state index is -0.607. The number of benzene rings is 2. The lowest BCUT2D eigenvalue weighted by molar-refractivity contribution is -0.124. The first-order valence-corrected chi connectivity index (χ1v) is 12.3. The molecule has 1 fully saturated rings. The molecular formula is C25H30N2O5S. The van der Waals surface area contributed by atoms with E-state index in [0.717, 1.165) is 29.9 Å². The number of amides is 2. The van der Waals surface area contributed by atoms with Gasteiger partial charge in [-0.05, 0) is 54.5 Å². The van der Waals surface area contributed by atoms with Crippen molar-refractivity contribution >= 4 is 23.6 Å². The van der Waals surface area contributed by atoms with Crippen molar-refractivity contribution < 1.29 is 23.8 Å². The van der Waals surface area contributed by atoms with Gasteiger partial charge in [-0.25, -0.2) is 0 Å². The fourth-order valence-electron chi connectivity index (χ4n) is 4.68. The molecule has 2 aliphatic rings. The van der Waals surface area contributed by atoms with Crippen molar-refractivity contribution in [3.8, 4) is 11.5 Å². The number of ether oxygens (including phenoxy) is 3. The van der Waals surface area contributed by atoms with Crippen LogP contribution in [0.2, 0.25) is 0 Å². The lowest BCUT2D eigenvalue weighted by Gasteiger charge is -2.40. The van der Waals surface area contributed by atoms with Gasteiger partial charge in [0.15, 0.2) is 11.5 Å². The Balaban J connectivity index is 1.78. The van der Waals surface area contributed by atoms with Gasteiger partial charge in [0.25, 0.3) is 5.91 Å². The number of rotatable bonds is 7. The predicted octanol–water partition coefficient (Wildman–Crippen LogP) is 3.63. The number of thioether (sulfide) groups is 1. The van der Waals surface area contributed by atoms with Gasteiger partial charge >= 0.3 is 0 Å². The Morgan fingerprint density at radius 1 is 1.18 bits per heavy atom. The van der Waals surface area contributed by atoms with E-state index >= 15 is 0 Å². The highest BCUT2D eigenvalue weighted by Gasteiger charge is 2.43. The van der Waals surface area contributed by atoms with Crippen LogP contribution in [0.25, 0.3) is 0 Å². The van der Waals surface area contributed by atoms with Crippen molar-refractivity contribution in [2.24, 2.45) is 0 Å². The molecular weight excluding hydrogens is 440 g/mol. The SMILES string of the molecule is COc1cc2c(cc1OC)[C@H](C(=O)NC[C@H]1CCCO1)[C@H](c1ccc(SC)cc1)N(C)C2=O. The van der Waals surface area contributed by atoms with Crippen LogP contribution in [0, 0.1) is 0 Å². The van der Waals surface area contributed by atoms with E-state index in [9.17, 15) is 9.59 Å². The first kappa shape index (κ1) is 23.4. The first-order valence-electron chi connectivity index (χ1n) is 11.0. The summed E-state index contributed by atoms with van der Waals surface area (Å²) >= 11 is 1.65. The number of fused-ring (bicyclic) bond motifs is 1. The molecule has 2 aromatic carbocycles. The second kappa shape index (κ2) is 10.1. The maximum atomic E-state index is 13.6. The van der Waals surface area contributed by atoms with E-state index < -0.39 is 12.0 Å². The molecule has 33 heavy (non-hydrogen) atoms. The zero-order chi connectivity index (χ0) is 23.5. The fraction of sp³-hybridized carbons (Fsp3) is 0.440. The second-order valence-corrected chi connectivity index (χ2v) is 9.17. The summed E-state index contributed by atoms with van der Waals surface area (Å²) in [5.41, 5.74) is 1.99. The average Bonchev–Trinajstić information content (AvgIpc) is 3.37. The molecule has 0 bridgehead atoms. The molecule has 0 aromatic heterocycles. The fourth-order valence-corrected chi connectivity index (χ4v) is 5.09. The van der Waals surface area contributed by atoms with Crippen molar-refractivity contribution in [2.45, 2.75) is 35.8 Å². The standard InChI is InChI=1S/C25H30N2O5S/c1-27-23(15-7-9-17(33-4)10-8-15)22(24(28)26-14-16-6-5-11-32-16)18-12-20(30-2)21(31-3)13-19(18)25(27)29/h7-10,12-13,16,22-23H,5-6,11,14H2,1-4H3,(H,26,28)/t16-,22+,23+/m1/s1. The number of likely N-dealkylation sites (N-methyl/N-ethyl adjacent to an activating group) is 1. The number of nitrogens with one attached hydrogen (secondary N) is 1. The maximum Gasteiger partial charge on any atom is 0.254 e. The first-order chi connectivity index (χ1) is 16.0. The smallest absolute Gasteiger partial charge is 0.254 e. The number of carbonyl (C=O) groups excluding carboxylic acids is 2. The Morgan fingerprint density at radius 2 is 1.88 bits per heavy atom. The van der Waals surface area contributed by atoms with E-state index in [2.05, 4.69) is 5.32 Å². The molecule has 1 saturated heterocycles. The molecule has 2 heterocycles. The van der Waals surface area contributed by atoms with Gasteiger partial charge < -0.3 is 24.4 Å². The summed E-state index contributed by atoms with van der Waals surface area (Å²) in [6.07, 6.45) is 3.99. The number of hydrogen-bond acceptors (Lipinski definition) is 6. The van der Waals surface area contributed by atoms with Crippen molar-refractivity contribution in [3.63, 3.8) is 0 Å². The average molecular weight is 471 g/mol. The number of methoxy groups -OCH3 is 2. The second-order valence-electron chi connectivity index (χ2n) is 8.29. The summed E-state index contributed by atoms with van der Waals surface area (Å²) in [4.78, 5) is 29.8. The molecule has 0 aliphatic carbocycles.